The highest BCUT2D eigenvalue weighted by Gasteiger charge is 2.04. The molecular formula is C12H19NO3. The molecule has 0 saturated heterocycles. The Labute approximate surface area is 96.0 Å². The molecule has 0 aliphatic heterocycles. The van der Waals surface area contributed by atoms with Gasteiger partial charge < -0.3 is 20.3 Å². The zero-order valence-electron chi connectivity index (χ0n) is 9.61. The van der Waals surface area contributed by atoms with Gasteiger partial charge in [-0.05, 0) is 18.9 Å². The molecule has 0 aromatic heterocycles. The van der Waals surface area contributed by atoms with Gasteiger partial charge in [0, 0.05) is 24.8 Å². The Kier molecular flexibility index (Phi) is 5.67. The molecular weight excluding hydrogens is 206 g/mol. The smallest absolute Gasteiger partial charge is 0.127 e. The monoisotopic (exact) mass is 225 g/mol. The van der Waals surface area contributed by atoms with Crippen molar-refractivity contribution in [1.29, 1.82) is 0 Å². The number of hydrogen-bond acceptors (Lipinski definition) is 4. The fraction of sp³-hybridized carbons (Fsp3) is 0.500. The summed E-state index contributed by atoms with van der Waals surface area (Å²) >= 11 is 0. The lowest BCUT2D eigenvalue weighted by molar-refractivity contribution is 0.251. The molecule has 0 fully saturated rings. The van der Waals surface area contributed by atoms with Gasteiger partial charge in [0.15, 0.2) is 0 Å². The molecule has 90 valence electrons. The van der Waals surface area contributed by atoms with E-state index in [-0.39, 0.29) is 6.61 Å². The van der Waals surface area contributed by atoms with Gasteiger partial charge in [-0.2, -0.15) is 0 Å². The molecule has 4 heteroatoms. The maximum atomic E-state index is 8.65. The molecule has 0 unspecified atom stereocenters. The Morgan fingerprint density at radius 3 is 2.75 bits per heavy atom. The Morgan fingerprint density at radius 2 is 2.12 bits per heavy atom. The number of aliphatic hydroxyl groups excluding tert-OH is 1. The summed E-state index contributed by atoms with van der Waals surface area (Å²) in [6, 6.07) is 5.60. The number of benzene rings is 1. The van der Waals surface area contributed by atoms with Gasteiger partial charge in [0.2, 0.25) is 0 Å². The van der Waals surface area contributed by atoms with Crippen LogP contribution in [0.2, 0.25) is 0 Å². The van der Waals surface area contributed by atoms with Crippen LogP contribution in [0.3, 0.4) is 0 Å². The van der Waals surface area contributed by atoms with E-state index in [2.05, 4.69) is 0 Å². The second-order valence-electron chi connectivity index (χ2n) is 3.46. The highest BCUT2D eigenvalue weighted by Crippen LogP contribution is 2.24. The van der Waals surface area contributed by atoms with E-state index in [4.69, 9.17) is 20.3 Å². The summed E-state index contributed by atoms with van der Waals surface area (Å²) in [7, 11) is 1.62. The molecule has 3 N–H and O–H groups in total. The van der Waals surface area contributed by atoms with E-state index in [0.717, 1.165) is 29.9 Å². The van der Waals surface area contributed by atoms with E-state index < -0.39 is 0 Å². The number of nitrogens with two attached hydrogens (primary N) is 1. The van der Waals surface area contributed by atoms with E-state index in [1.54, 1.807) is 7.11 Å². The van der Waals surface area contributed by atoms with Gasteiger partial charge in [0.1, 0.15) is 11.5 Å². The molecule has 0 aliphatic carbocycles. The summed E-state index contributed by atoms with van der Waals surface area (Å²) in [6.07, 6.45) is 1.58. The van der Waals surface area contributed by atoms with Crippen LogP contribution >= 0.6 is 0 Å². The van der Waals surface area contributed by atoms with Crippen LogP contribution < -0.4 is 15.2 Å². The lowest BCUT2D eigenvalue weighted by Crippen LogP contribution is -2.04. The normalized spacial score (nSPS) is 10.2. The van der Waals surface area contributed by atoms with Crippen molar-refractivity contribution < 1.29 is 14.6 Å². The molecule has 1 rings (SSSR count). The number of unbranched alkanes of at least 4 members (excludes halogenated alkanes) is 1. The Balaban J connectivity index is 2.60. The molecule has 0 atom stereocenters. The van der Waals surface area contributed by atoms with E-state index >= 15 is 0 Å². The van der Waals surface area contributed by atoms with Crippen molar-refractivity contribution >= 4 is 0 Å². The summed E-state index contributed by atoms with van der Waals surface area (Å²) in [6.45, 7) is 1.23. The predicted molar refractivity (Wildman–Crippen MR) is 62.7 cm³/mol. The van der Waals surface area contributed by atoms with Crippen molar-refractivity contribution in [3.8, 4) is 11.5 Å². The minimum Gasteiger partial charge on any atom is -0.497 e. The highest BCUT2D eigenvalue weighted by molar-refractivity contribution is 5.40. The van der Waals surface area contributed by atoms with E-state index in [1.807, 2.05) is 18.2 Å². The molecule has 0 amide bonds. The maximum absolute atomic E-state index is 8.65. The molecule has 1 aromatic carbocycles. The lowest BCUT2D eigenvalue weighted by Gasteiger charge is -2.11. The van der Waals surface area contributed by atoms with Crippen LogP contribution in [0.25, 0.3) is 0 Å². The van der Waals surface area contributed by atoms with Crippen molar-refractivity contribution in [3.05, 3.63) is 23.8 Å². The molecule has 0 spiro atoms. The molecule has 0 heterocycles. The number of methoxy groups -OCH3 is 1. The van der Waals surface area contributed by atoms with Crippen molar-refractivity contribution in [2.75, 3.05) is 20.3 Å². The second-order valence-corrected chi connectivity index (χ2v) is 3.46. The van der Waals surface area contributed by atoms with Crippen LogP contribution in [-0.4, -0.2) is 25.4 Å². The van der Waals surface area contributed by atoms with Crippen molar-refractivity contribution in [2.45, 2.75) is 19.4 Å². The number of ether oxygens (including phenoxy) is 2. The predicted octanol–water partition coefficient (Wildman–Crippen LogP) is 1.31. The lowest BCUT2D eigenvalue weighted by atomic mass is 10.2. The van der Waals surface area contributed by atoms with Gasteiger partial charge in [-0.3, -0.25) is 0 Å². The minimum absolute atomic E-state index is 0.200. The number of hydrogen-bond donors (Lipinski definition) is 2. The number of rotatable bonds is 7. The third-order valence-electron chi connectivity index (χ3n) is 2.30. The van der Waals surface area contributed by atoms with Crippen molar-refractivity contribution in [2.24, 2.45) is 5.73 Å². The van der Waals surface area contributed by atoms with E-state index in [1.165, 1.54) is 0 Å². The zero-order valence-corrected chi connectivity index (χ0v) is 9.61. The molecule has 0 saturated carbocycles. The molecule has 16 heavy (non-hydrogen) atoms. The highest BCUT2D eigenvalue weighted by atomic mass is 16.5. The fourth-order valence-corrected chi connectivity index (χ4v) is 1.36. The van der Waals surface area contributed by atoms with Crippen molar-refractivity contribution in [1.82, 2.24) is 0 Å². The van der Waals surface area contributed by atoms with Gasteiger partial charge >= 0.3 is 0 Å². The van der Waals surface area contributed by atoms with Crippen LogP contribution in [0.1, 0.15) is 18.4 Å². The van der Waals surface area contributed by atoms with Crippen LogP contribution in [-0.2, 0) is 6.54 Å². The zero-order chi connectivity index (χ0) is 11.8. The average molecular weight is 225 g/mol. The first kappa shape index (κ1) is 12.8. The van der Waals surface area contributed by atoms with Gasteiger partial charge in [0.05, 0.1) is 13.7 Å². The van der Waals surface area contributed by atoms with Gasteiger partial charge in [-0.1, -0.05) is 6.07 Å². The molecule has 0 radical (unpaired) electrons. The topological polar surface area (TPSA) is 64.7 Å². The summed E-state index contributed by atoms with van der Waals surface area (Å²) in [5.41, 5.74) is 6.57. The first-order valence-electron chi connectivity index (χ1n) is 5.42. The quantitative estimate of drug-likeness (QED) is 0.687. The first-order valence-corrected chi connectivity index (χ1v) is 5.42. The molecule has 0 aliphatic rings. The largest absolute Gasteiger partial charge is 0.497 e. The third-order valence-corrected chi connectivity index (χ3v) is 2.30. The molecule has 0 bridgehead atoms. The summed E-state index contributed by atoms with van der Waals surface area (Å²) in [4.78, 5) is 0. The standard InChI is InChI=1S/C12H19NO3/c1-15-11-5-4-10(9-13)12(8-11)16-7-3-2-6-14/h4-5,8,14H,2-3,6-7,9,13H2,1H3. The summed E-state index contributed by atoms with van der Waals surface area (Å²) in [5, 5.41) is 8.65. The van der Waals surface area contributed by atoms with Crippen molar-refractivity contribution in [3.63, 3.8) is 0 Å². The van der Waals surface area contributed by atoms with Gasteiger partial charge in [-0.15, -0.1) is 0 Å². The fourth-order valence-electron chi connectivity index (χ4n) is 1.36. The van der Waals surface area contributed by atoms with E-state index in [9.17, 15) is 0 Å². The van der Waals surface area contributed by atoms with Gasteiger partial charge in [0.25, 0.3) is 0 Å². The van der Waals surface area contributed by atoms with Gasteiger partial charge in [-0.25, -0.2) is 0 Å². The summed E-state index contributed by atoms with van der Waals surface area (Å²) in [5.74, 6) is 1.52. The molecule has 1 aromatic rings. The second kappa shape index (κ2) is 7.09. The SMILES string of the molecule is COc1ccc(CN)c(OCCCCO)c1. The Morgan fingerprint density at radius 1 is 1.31 bits per heavy atom. The average Bonchev–Trinajstić information content (AvgIpc) is 2.34. The van der Waals surface area contributed by atoms with Crippen LogP contribution in [0.5, 0.6) is 11.5 Å². The third kappa shape index (κ3) is 3.72. The molecule has 4 nitrogen and oxygen atoms in total. The van der Waals surface area contributed by atoms with Crippen LogP contribution in [0.15, 0.2) is 18.2 Å². The van der Waals surface area contributed by atoms with Crippen LogP contribution in [0.4, 0.5) is 0 Å². The number of aliphatic hydroxyl groups is 1. The van der Waals surface area contributed by atoms with Crippen LogP contribution in [0, 0.1) is 0 Å². The first-order chi connectivity index (χ1) is 7.81. The van der Waals surface area contributed by atoms with E-state index in [0.29, 0.717) is 13.2 Å². The Hall–Kier alpha value is -1.26. The maximum Gasteiger partial charge on any atom is 0.127 e. The summed E-state index contributed by atoms with van der Waals surface area (Å²) < 4.78 is 10.7. The Bertz CT molecular complexity index is 315. The minimum atomic E-state index is 0.200.